The van der Waals surface area contributed by atoms with Crippen molar-refractivity contribution in [3.8, 4) is 11.3 Å². The van der Waals surface area contributed by atoms with Crippen molar-refractivity contribution in [2.24, 2.45) is 0 Å². The van der Waals surface area contributed by atoms with E-state index in [1.807, 2.05) is 24.3 Å². The summed E-state index contributed by atoms with van der Waals surface area (Å²) in [6.07, 6.45) is 1.31. The number of furan rings is 1. The minimum absolute atomic E-state index is 0.213. The second-order valence-corrected chi connectivity index (χ2v) is 7.50. The number of amides is 4. The Kier molecular flexibility index (Phi) is 5.08. The lowest BCUT2D eigenvalue weighted by molar-refractivity contribution is -0.122. The van der Waals surface area contributed by atoms with Crippen LogP contribution in [0, 0.1) is 0 Å². The molecule has 144 valence electrons. The summed E-state index contributed by atoms with van der Waals surface area (Å²) in [5.74, 6) is -0.650. The summed E-state index contributed by atoms with van der Waals surface area (Å²) in [5, 5.41) is 2.63. The summed E-state index contributed by atoms with van der Waals surface area (Å²) in [4.78, 5) is 38.2. The van der Waals surface area contributed by atoms with Gasteiger partial charge in [0.25, 0.3) is 11.8 Å². The molecule has 8 heteroatoms. The molecule has 29 heavy (non-hydrogen) atoms. The molecule has 1 fully saturated rings. The van der Waals surface area contributed by atoms with Gasteiger partial charge in [-0.2, -0.15) is 0 Å². The van der Waals surface area contributed by atoms with Crippen LogP contribution in [-0.4, -0.2) is 17.8 Å². The molecule has 0 atom stereocenters. The fourth-order valence-corrected chi connectivity index (χ4v) is 3.38. The maximum atomic E-state index is 12.9. The molecule has 0 aliphatic carbocycles. The number of imide groups is 2. The Hall–Kier alpha value is -3.16. The lowest BCUT2D eigenvalue weighted by Crippen LogP contribution is -2.54. The quantitative estimate of drug-likeness (QED) is 0.429. The molecule has 0 radical (unpaired) electrons. The largest absolute Gasteiger partial charge is 0.457 e. The van der Waals surface area contributed by atoms with Crippen LogP contribution < -0.4 is 10.2 Å². The number of carbonyl (C=O) groups excluding carboxylic acids is 3. The minimum atomic E-state index is -0.825. The summed E-state index contributed by atoms with van der Waals surface area (Å²) in [6, 6.07) is 16.2. The van der Waals surface area contributed by atoms with E-state index in [2.05, 4.69) is 21.2 Å². The highest BCUT2D eigenvalue weighted by molar-refractivity contribution is 9.10. The molecule has 0 saturated carbocycles. The molecule has 0 spiro atoms. The predicted molar refractivity (Wildman–Crippen MR) is 112 cm³/mol. The summed E-state index contributed by atoms with van der Waals surface area (Å²) in [6.45, 7) is 0. The minimum Gasteiger partial charge on any atom is -0.457 e. The van der Waals surface area contributed by atoms with Gasteiger partial charge in [0.15, 0.2) is 0 Å². The van der Waals surface area contributed by atoms with Crippen molar-refractivity contribution in [1.29, 1.82) is 0 Å². The molecule has 2 aromatic carbocycles. The van der Waals surface area contributed by atoms with Gasteiger partial charge in [0, 0.05) is 15.1 Å². The Morgan fingerprint density at radius 1 is 1.00 bits per heavy atom. The van der Waals surface area contributed by atoms with Gasteiger partial charge in [0.2, 0.25) is 0 Å². The van der Waals surface area contributed by atoms with Gasteiger partial charge in [-0.1, -0.05) is 39.7 Å². The van der Waals surface area contributed by atoms with Gasteiger partial charge in [-0.25, -0.2) is 9.69 Å². The fraction of sp³-hybridized carbons (Fsp3) is 0. The molecule has 1 N–H and O–H groups in total. The molecular weight excluding hydrogens is 460 g/mol. The smallest absolute Gasteiger partial charge is 0.335 e. The summed E-state index contributed by atoms with van der Waals surface area (Å²) >= 11 is 9.26. The molecule has 4 rings (SSSR count). The Morgan fingerprint density at radius 2 is 1.76 bits per heavy atom. The number of halogens is 2. The van der Waals surface area contributed by atoms with Crippen LogP contribution in [0.4, 0.5) is 10.5 Å². The zero-order chi connectivity index (χ0) is 20.5. The molecule has 0 unspecified atom stereocenters. The average molecular weight is 472 g/mol. The molecule has 4 amide bonds. The fourth-order valence-electron chi connectivity index (χ4n) is 2.85. The van der Waals surface area contributed by atoms with Crippen LogP contribution in [0.3, 0.4) is 0 Å². The third kappa shape index (κ3) is 3.87. The molecular formula is C21H12BrClN2O4. The number of barbiturate groups is 1. The molecule has 3 aromatic rings. The van der Waals surface area contributed by atoms with Gasteiger partial charge >= 0.3 is 6.03 Å². The summed E-state index contributed by atoms with van der Waals surface area (Å²) in [7, 11) is 0. The highest BCUT2D eigenvalue weighted by atomic mass is 79.9. The molecule has 1 aliphatic rings. The lowest BCUT2D eigenvalue weighted by atomic mass is 10.1. The molecule has 1 aliphatic heterocycles. The summed E-state index contributed by atoms with van der Waals surface area (Å²) < 4.78 is 6.65. The number of benzene rings is 2. The van der Waals surface area contributed by atoms with Crippen molar-refractivity contribution >= 4 is 57.1 Å². The Labute approximate surface area is 178 Å². The van der Waals surface area contributed by atoms with Crippen LogP contribution >= 0.6 is 27.5 Å². The molecule has 1 aromatic heterocycles. The Morgan fingerprint density at radius 3 is 2.48 bits per heavy atom. The topological polar surface area (TPSA) is 79.6 Å². The maximum absolute atomic E-state index is 12.9. The van der Waals surface area contributed by atoms with E-state index in [1.165, 1.54) is 18.2 Å². The van der Waals surface area contributed by atoms with Crippen LogP contribution in [0.1, 0.15) is 5.76 Å². The second-order valence-electron chi connectivity index (χ2n) is 6.15. The maximum Gasteiger partial charge on any atom is 0.335 e. The number of hydrogen-bond acceptors (Lipinski definition) is 4. The van der Waals surface area contributed by atoms with E-state index in [-0.39, 0.29) is 5.57 Å². The first-order chi connectivity index (χ1) is 13.9. The van der Waals surface area contributed by atoms with Crippen LogP contribution in [-0.2, 0) is 9.59 Å². The molecule has 6 nitrogen and oxygen atoms in total. The molecule has 1 saturated heterocycles. The third-order valence-corrected chi connectivity index (χ3v) is 4.95. The normalized spacial score (nSPS) is 15.7. The number of nitrogens with zero attached hydrogens (tertiary/aromatic N) is 1. The zero-order valence-corrected chi connectivity index (χ0v) is 17.0. The van der Waals surface area contributed by atoms with Gasteiger partial charge in [-0.05, 0) is 54.6 Å². The Balaban J connectivity index is 1.67. The van der Waals surface area contributed by atoms with Crippen molar-refractivity contribution in [3.05, 3.63) is 81.5 Å². The SMILES string of the molecule is O=C1NC(=O)N(c2ccc(Cl)cc2)C(=O)/C1=C/c1ccc(-c2cccc(Br)c2)o1. The van der Waals surface area contributed by atoms with Gasteiger partial charge in [0.05, 0.1) is 5.69 Å². The zero-order valence-electron chi connectivity index (χ0n) is 14.7. The third-order valence-electron chi connectivity index (χ3n) is 4.21. The van der Waals surface area contributed by atoms with E-state index in [0.717, 1.165) is 14.9 Å². The van der Waals surface area contributed by atoms with Crippen LogP contribution in [0.15, 0.2) is 75.1 Å². The van der Waals surface area contributed by atoms with Crippen molar-refractivity contribution in [2.45, 2.75) is 0 Å². The number of nitrogens with one attached hydrogen (secondary N) is 1. The first-order valence-electron chi connectivity index (χ1n) is 8.45. The highest BCUT2D eigenvalue weighted by Crippen LogP contribution is 2.27. The first-order valence-corrected chi connectivity index (χ1v) is 9.62. The lowest BCUT2D eigenvalue weighted by Gasteiger charge is -2.26. The van der Waals surface area contributed by atoms with Crippen molar-refractivity contribution in [2.75, 3.05) is 4.90 Å². The van der Waals surface area contributed by atoms with Crippen molar-refractivity contribution < 1.29 is 18.8 Å². The summed E-state index contributed by atoms with van der Waals surface area (Å²) in [5.41, 5.74) is 0.917. The van der Waals surface area contributed by atoms with E-state index in [0.29, 0.717) is 22.2 Å². The average Bonchev–Trinajstić information content (AvgIpc) is 3.15. The number of urea groups is 1. The number of carbonyl (C=O) groups is 3. The van der Waals surface area contributed by atoms with Crippen LogP contribution in [0.5, 0.6) is 0 Å². The van der Waals surface area contributed by atoms with E-state index >= 15 is 0 Å². The van der Waals surface area contributed by atoms with Crippen molar-refractivity contribution in [1.82, 2.24) is 5.32 Å². The second kappa shape index (κ2) is 7.69. The number of hydrogen-bond donors (Lipinski definition) is 1. The van der Waals surface area contributed by atoms with Gasteiger partial charge in [-0.15, -0.1) is 0 Å². The van der Waals surface area contributed by atoms with E-state index in [1.54, 1.807) is 24.3 Å². The van der Waals surface area contributed by atoms with Gasteiger partial charge in [-0.3, -0.25) is 14.9 Å². The highest BCUT2D eigenvalue weighted by Gasteiger charge is 2.37. The predicted octanol–water partition coefficient (Wildman–Crippen LogP) is 5.03. The van der Waals surface area contributed by atoms with Gasteiger partial charge in [0.1, 0.15) is 17.1 Å². The number of anilines is 1. The van der Waals surface area contributed by atoms with Crippen molar-refractivity contribution in [3.63, 3.8) is 0 Å². The number of rotatable bonds is 3. The monoisotopic (exact) mass is 470 g/mol. The van der Waals surface area contributed by atoms with Crippen LogP contribution in [0.25, 0.3) is 17.4 Å². The van der Waals surface area contributed by atoms with Crippen LogP contribution in [0.2, 0.25) is 5.02 Å². The van der Waals surface area contributed by atoms with E-state index < -0.39 is 17.8 Å². The standard InChI is InChI=1S/C21H12BrClN2O4/c22-13-3-1-2-12(10-13)18-9-8-16(29-18)11-17-19(26)24-21(28)25(20(17)27)15-6-4-14(23)5-7-15/h1-11H,(H,24,26,28)/b17-11+. The first kappa shape index (κ1) is 19.2. The van der Waals surface area contributed by atoms with E-state index in [4.69, 9.17) is 16.0 Å². The molecule has 0 bridgehead atoms. The van der Waals surface area contributed by atoms with E-state index in [9.17, 15) is 14.4 Å². The van der Waals surface area contributed by atoms with Gasteiger partial charge < -0.3 is 4.42 Å². The Bertz CT molecular complexity index is 1170. The molecule has 2 heterocycles.